The molecule has 8 nitrogen and oxygen atoms in total. The van der Waals surface area contributed by atoms with E-state index in [0.29, 0.717) is 35.4 Å². The molecule has 0 atom stereocenters. The van der Waals surface area contributed by atoms with E-state index in [2.05, 4.69) is 10.4 Å². The first-order chi connectivity index (χ1) is 15.9. The van der Waals surface area contributed by atoms with Crippen LogP contribution in [-0.2, 0) is 30.8 Å². The van der Waals surface area contributed by atoms with E-state index in [9.17, 15) is 14.4 Å². The lowest BCUT2D eigenvalue weighted by molar-refractivity contribution is -0.116. The van der Waals surface area contributed by atoms with Crippen LogP contribution < -0.4 is 16.6 Å². The minimum absolute atomic E-state index is 0.213. The fourth-order valence-corrected chi connectivity index (χ4v) is 4.09. The molecule has 2 aromatic carbocycles. The Morgan fingerprint density at radius 2 is 1.73 bits per heavy atom. The molecular formula is C25H27N5O3. The molecule has 0 unspecified atom stereocenters. The highest BCUT2D eigenvalue weighted by atomic mass is 16.2. The molecule has 0 aliphatic carbocycles. The lowest BCUT2D eigenvalue weighted by Gasteiger charge is -2.13. The van der Waals surface area contributed by atoms with Gasteiger partial charge in [0.25, 0.3) is 5.56 Å². The number of hydrogen-bond donors (Lipinski definition) is 1. The highest BCUT2D eigenvalue weighted by molar-refractivity contribution is 5.91. The molecule has 0 fully saturated rings. The molecule has 33 heavy (non-hydrogen) atoms. The van der Waals surface area contributed by atoms with Gasteiger partial charge in [0.1, 0.15) is 12.1 Å². The summed E-state index contributed by atoms with van der Waals surface area (Å²) < 4.78 is 4.17. The van der Waals surface area contributed by atoms with Gasteiger partial charge in [-0.15, -0.1) is 0 Å². The fraction of sp³-hybridized carbons (Fsp3) is 0.280. The number of nitrogens with zero attached hydrogens (tertiary/aromatic N) is 4. The van der Waals surface area contributed by atoms with Crippen LogP contribution in [-0.4, -0.2) is 24.8 Å². The highest BCUT2D eigenvalue weighted by Crippen LogP contribution is 2.15. The highest BCUT2D eigenvalue weighted by Gasteiger charge is 2.21. The number of carbonyl (C=O) groups excluding carboxylic acids is 1. The van der Waals surface area contributed by atoms with E-state index in [1.807, 2.05) is 62.4 Å². The standard InChI is InChI=1S/C25H27N5O3/c1-4-30-23-22(18(3)27-30)29(16-21(31)26-20-12-8-9-17(2)15-20)25(33)28(24(23)32)14-13-19-10-6-5-7-11-19/h5-12,15H,4,13-14,16H2,1-3H3,(H,26,31). The molecule has 170 valence electrons. The monoisotopic (exact) mass is 445 g/mol. The van der Waals surface area contributed by atoms with E-state index in [1.54, 1.807) is 17.7 Å². The van der Waals surface area contributed by atoms with E-state index in [4.69, 9.17) is 0 Å². The molecular weight excluding hydrogens is 418 g/mol. The van der Waals surface area contributed by atoms with Gasteiger partial charge in [-0.3, -0.25) is 23.4 Å². The van der Waals surface area contributed by atoms with Crippen LogP contribution in [0.3, 0.4) is 0 Å². The van der Waals surface area contributed by atoms with E-state index in [-0.39, 0.29) is 24.6 Å². The number of benzene rings is 2. The number of fused-ring (bicyclic) bond motifs is 1. The molecule has 0 bridgehead atoms. The number of rotatable bonds is 7. The van der Waals surface area contributed by atoms with Gasteiger partial charge in [0, 0.05) is 18.8 Å². The van der Waals surface area contributed by atoms with Crippen molar-refractivity contribution in [2.24, 2.45) is 0 Å². The van der Waals surface area contributed by atoms with Gasteiger partial charge >= 0.3 is 5.69 Å². The molecule has 1 amide bonds. The summed E-state index contributed by atoms with van der Waals surface area (Å²) in [6, 6.07) is 17.1. The van der Waals surface area contributed by atoms with Crippen LogP contribution in [0.2, 0.25) is 0 Å². The molecule has 2 aromatic heterocycles. The van der Waals surface area contributed by atoms with Crippen molar-refractivity contribution in [3.05, 3.63) is 92.3 Å². The van der Waals surface area contributed by atoms with Crippen molar-refractivity contribution in [1.29, 1.82) is 0 Å². The molecule has 0 aliphatic rings. The van der Waals surface area contributed by atoms with Crippen molar-refractivity contribution in [1.82, 2.24) is 18.9 Å². The van der Waals surface area contributed by atoms with Crippen molar-refractivity contribution in [3.63, 3.8) is 0 Å². The van der Waals surface area contributed by atoms with Crippen LogP contribution in [0.5, 0.6) is 0 Å². The summed E-state index contributed by atoms with van der Waals surface area (Å²) in [5.41, 5.74) is 3.08. The Labute approximate surface area is 191 Å². The molecule has 4 aromatic rings. The third-order valence-electron chi connectivity index (χ3n) is 5.65. The quantitative estimate of drug-likeness (QED) is 0.474. The summed E-state index contributed by atoms with van der Waals surface area (Å²) in [6.07, 6.45) is 0.524. The predicted molar refractivity (Wildman–Crippen MR) is 129 cm³/mol. The zero-order valence-electron chi connectivity index (χ0n) is 19.0. The van der Waals surface area contributed by atoms with Gasteiger partial charge in [0.15, 0.2) is 5.52 Å². The molecule has 0 aliphatic heterocycles. The predicted octanol–water partition coefficient (Wildman–Crippen LogP) is 2.88. The topological polar surface area (TPSA) is 90.9 Å². The van der Waals surface area contributed by atoms with Gasteiger partial charge in [0.05, 0.1) is 5.69 Å². The summed E-state index contributed by atoms with van der Waals surface area (Å²) in [6.45, 7) is 6.05. The third-order valence-corrected chi connectivity index (χ3v) is 5.65. The van der Waals surface area contributed by atoms with Crippen LogP contribution in [0.15, 0.2) is 64.2 Å². The maximum atomic E-state index is 13.4. The SMILES string of the molecule is CCn1nc(C)c2c1c(=O)n(CCc1ccccc1)c(=O)n2CC(=O)Nc1cccc(C)c1. The maximum Gasteiger partial charge on any atom is 0.332 e. The Bertz CT molecular complexity index is 1430. The van der Waals surface area contributed by atoms with Crippen LogP contribution >= 0.6 is 0 Å². The number of aromatic nitrogens is 4. The second kappa shape index (κ2) is 9.28. The molecule has 0 radical (unpaired) electrons. The zero-order chi connectivity index (χ0) is 23.5. The number of nitrogens with one attached hydrogen (secondary N) is 1. The largest absolute Gasteiger partial charge is 0.332 e. The summed E-state index contributed by atoms with van der Waals surface area (Å²) in [4.78, 5) is 39.6. The Hall–Kier alpha value is -3.94. The Kier molecular flexibility index (Phi) is 6.26. The Morgan fingerprint density at radius 3 is 2.42 bits per heavy atom. The summed E-state index contributed by atoms with van der Waals surface area (Å²) >= 11 is 0. The van der Waals surface area contributed by atoms with Crippen LogP contribution in [0.25, 0.3) is 11.0 Å². The van der Waals surface area contributed by atoms with Crippen molar-refractivity contribution in [3.8, 4) is 0 Å². The van der Waals surface area contributed by atoms with Crippen molar-refractivity contribution < 1.29 is 4.79 Å². The number of aryl methyl sites for hydroxylation is 4. The lowest BCUT2D eigenvalue weighted by Crippen LogP contribution is -2.42. The maximum absolute atomic E-state index is 13.4. The lowest BCUT2D eigenvalue weighted by atomic mass is 10.1. The summed E-state index contributed by atoms with van der Waals surface area (Å²) in [5.74, 6) is -0.346. The smallest absolute Gasteiger partial charge is 0.325 e. The molecule has 2 heterocycles. The van der Waals surface area contributed by atoms with Gasteiger partial charge in [-0.25, -0.2) is 4.79 Å². The van der Waals surface area contributed by atoms with Crippen LogP contribution in [0, 0.1) is 13.8 Å². The van der Waals surface area contributed by atoms with Gasteiger partial charge < -0.3 is 5.32 Å². The number of amides is 1. The molecule has 4 rings (SSSR count). The first kappa shape index (κ1) is 22.3. The summed E-state index contributed by atoms with van der Waals surface area (Å²) in [7, 11) is 0. The van der Waals surface area contributed by atoms with Crippen molar-refractivity contribution in [2.75, 3.05) is 5.32 Å². The summed E-state index contributed by atoms with van der Waals surface area (Å²) in [5, 5.41) is 7.29. The second-order valence-corrected chi connectivity index (χ2v) is 8.08. The average molecular weight is 446 g/mol. The third kappa shape index (κ3) is 4.50. The normalized spacial score (nSPS) is 11.1. The number of anilines is 1. The molecule has 1 N–H and O–H groups in total. The van der Waals surface area contributed by atoms with Crippen LogP contribution in [0.4, 0.5) is 5.69 Å². The number of hydrogen-bond acceptors (Lipinski definition) is 4. The number of carbonyl (C=O) groups is 1. The van der Waals surface area contributed by atoms with Crippen molar-refractivity contribution in [2.45, 2.75) is 46.8 Å². The van der Waals surface area contributed by atoms with Gasteiger partial charge in [-0.05, 0) is 50.5 Å². The minimum Gasteiger partial charge on any atom is -0.325 e. The fourth-order valence-electron chi connectivity index (χ4n) is 4.09. The van der Waals surface area contributed by atoms with Crippen LogP contribution in [0.1, 0.15) is 23.7 Å². The van der Waals surface area contributed by atoms with Gasteiger partial charge in [-0.1, -0.05) is 42.5 Å². The Morgan fingerprint density at radius 1 is 0.970 bits per heavy atom. The zero-order valence-corrected chi connectivity index (χ0v) is 19.0. The van der Waals surface area contributed by atoms with E-state index >= 15 is 0 Å². The second-order valence-electron chi connectivity index (χ2n) is 8.08. The van der Waals surface area contributed by atoms with Gasteiger partial charge in [-0.2, -0.15) is 5.10 Å². The molecule has 0 saturated heterocycles. The average Bonchev–Trinajstić information content (AvgIpc) is 3.13. The van der Waals surface area contributed by atoms with E-state index in [1.165, 1.54) is 9.13 Å². The first-order valence-electron chi connectivity index (χ1n) is 11.0. The van der Waals surface area contributed by atoms with E-state index < -0.39 is 5.69 Å². The minimum atomic E-state index is -0.512. The van der Waals surface area contributed by atoms with Crippen molar-refractivity contribution >= 4 is 22.6 Å². The molecule has 0 spiro atoms. The van der Waals surface area contributed by atoms with Gasteiger partial charge in [0.2, 0.25) is 5.91 Å². The van der Waals surface area contributed by atoms with E-state index in [0.717, 1.165) is 11.1 Å². The molecule has 8 heteroatoms. The Balaban J connectivity index is 1.77. The first-order valence-corrected chi connectivity index (χ1v) is 11.0. The molecule has 0 saturated carbocycles.